The van der Waals surface area contributed by atoms with Gasteiger partial charge in [-0.05, 0) is 36.0 Å². The molecule has 1 saturated carbocycles. The van der Waals surface area contributed by atoms with Crippen molar-refractivity contribution in [1.29, 1.82) is 0 Å². The van der Waals surface area contributed by atoms with Crippen LogP contribution in [0.3, 0.4) is 0 Å². The fourth-order valence-corrected chi connectivity index (χ4v) is 3.36. The van der Waals surface area contributed by atoms with Crippen LogP contribution in [0.25, 0.3) is 0 Å². The van der Waals surface area contributed by atoms with E-state index in [9.17, 15) is 4.79 Å². The van der Waals surface area contributed by atoms with Crippen molar-refractivity contribution in [3.05, 3.63) is 24.3 Å². The normalized spacial score (nSPS) is 51.8. The van der Waals surface area contributed by atoms with Crippen molar-refractivity contribution in [3.63, 3.8) is 0 Å². The Hall–Kier alpha value is -0.850. The van der Waals surface area contributed by atoms with Crippen LogP contribution in [0.15, 0.2) is 24.3 Å². The van der Waals surface area contributed by atoms with Crippen LogP contribution in [0.4, 0.5) is 0 Å². The first-order valence-electron chi connectivity index (χ1n) is 5.61. The molecule has 68 valence electrons. The number of hydrogen-bond acceptors (Lipinski definition) is 1. The Labute approximate surface area is 79.9 Å². The van der Waals surface area contributed by atoms with Crippen molar-refractivity contribution < 1.29 is 6.17 Å². The van der Waals surface area contributed by atoms with Gasteiger partial charge in [0.25, 0.3) is 0 Å². The van der Waals surface area contributed by atoms with Crippen molar-refractivity contribution in [2.24, 2.45) is 29.6 Å². The number of allylic oxidation sites excluding steroid dienone is 4. The van der Waals surface area contributed by atoms with E-state index in [-0.39, 0.29) is 0 Å². The molecule has 3 aliphatic carbocycles. The molecule has 1 nitrogen and oxygen atoms in total. The van der Waals surface area contributed by atoms with Crippen molar-refractivity contribution >= 4 is 6.29 Å². The summed E-state index contributed by atoms with van der Waals surface area (Å²) < 4.78 is 7.93. The maximum absolute atomic E-state index is 10.6. The minimum absolute atomic E-state index is 0.352. The first-order chi connectivity index (χ1) is 6.81. The van der Waals surface area contributed by atoms with Gasteiger partial charge < -0.3 is 4.79 Å². The van der Waals surface area contributed by atoms with Gasteiger partial charge in [-0.15, -0.1) is 0 Å². The quantitative estimate of drug-likeness (QED) is 0.464. The van der Waals surface area contributed by atoms with Crippen LogP contribution < -0.4 is 0 Å². The third-order valence-corrected chi connectivity index (χ3v) is 3.89. The van der Waals surface area contributed by atoms with Crippen molar-refractivity contribution in [2.75, 3.05) is 0 Å². The predicted molar refractivity (Wildman–Crippen MR) is 51.0 cm³/mol. The van der Waals surface area contributed by atoms with Crippen LogP contribution in [-0.2, 0) is 4.79 Å². The molecule has 0 aliphatic heterocycles. The van der Waals surface area contributed by atoms with Gasteiger partial charge in [-0.1, -0.05) is 24.3 Å². The molecule has 3 rings (SSSR count). The summed E-state index contributed by atoms with van der Waals surface area (Å²) in [5.74, 6) is 2.61. The van der Waals surface area contributed by atoms with Crippen LogP contribution in [0, 0.1) is 29.6 Å². The minimum atomic E-state index is 0.352. The number of hydrogen-bond donors (Lipinski definition) is 0. The fourth-order valence-electron chi connectivity index (χ4n) is 3.36. The molecular formula is C12H14O. The second-order valence-corrected chi connectivity index (χ2v) is 4.45. The highest BCUT2D eigenvalue weighted by atomic mass is 16.1. The van der Waals surface area contributed by atoms with Gasteiger partial charge in [0.1, 0.15) is 6.29 Å². The number of carbonyl (C=O) groups excluding carboxylic acids is 1. The Morgan fingerprint density at radius 2 is 2.23 bits per heavy atom. The zero-order chi connectivity index (χ0) is 9.71. The Bertz CT molecular complexity index is 331. The van der Waals surface area contributed by atoms with E-state index in [0.717, 1.165) is 12.3 Å². The maximum atomic E-state index is 10.6. The largest absolute Gasteiger partial charge is 0.303 e. The number of rotatable bonds is 2. The Morgan fingerprint density at radius 1 is 1.38 bits per heavy atom. The van der Waals surface area contributed by atoms with E-state index in [0.29, 0.717) is 36.0 Å². The van der Waals surface area contributed by atoms with E-state index in [1.165, 1.54) is 6.42 Å². The average molecular weight is 175 g/mol. The maximum Gasteiger partial charge on any atom is 0.120 e. The minimum Gasteiger partial charge on any atom is -0.303 e. The summed E-state index contributed by atoms with van der Waals surface area (Å²) in [7, 11) is 0. The van der Waals surface area contributed by atoms with Crippen LogP contribution in [-0.4, -0.2) is 6.29 Å². The summed E-state index contributed by atoms with van der Waals surface area (Å²) in [6.45, 7) is 0. The molecule has 0 amide bonds. The fraction of sp³-hybridized carbons (Fsp3) is 0.583. The van der Waals surface area contributed by atoms with E-state index in [4.69, 9.17) is 1.37 Å². The molecule has 13 heavy (non-hydrogen) atoms. The van der Waals surface area contributed by atoms with Crippen LogP contribution in [0.5, 0.6) is 0 Å². The molecule has 0 spiro atoms. The monoisotopic (exact) mass is 175 g/mol. The molecule has 0 heterocycles. The highest BCUT2D eigenvalue weighted by molar-refractivity contribution is 5.51. The van der Waals surface area contributed by atoms with Gasteiger partial charge in [0, 0.05) is 6.42 Å². The highest BCUT2D eigenvalue weighted by Crippen LogP contribution is 2.55. The lowest BCUT2D eigenvalue weighted by atomic mass is 9.79. The summed E-state index contributed by atoms with van der Waals surface area (Å²) in [6.07, 6.45) is 9.44. The van der Waals surface area contributed by atoms with E-state index in [1.54, 1.807) is 0 Å². The molecule has 0 radical (unpaired) electrons. The lowest BCUT2D eigenvalue weighted by molar-refractivity contribution is -0.108. The summed E-state index contributed by atoms with van der Waals surface area (Å²) in [6, 6.07) is 0.790. The van der Waals surface area contributed by atoms with Crippen LogP contribution >= 0.6 is 0 Å². The van der Waals surface area contributed by atoms with Gasteiger partial charge in [-0.25, -0.2) is 0 Å². The van der Waals surface area contributed by atoms with Gasteiger partial charge in [0.15, 0.2) is 0 Å². The van der Waals surface area contributed by atoms with E-state index < -0.39 is 0 Å². The van der Waals surface area contributed by atoms with Crippen LogP contribution in [0.2, 0.25) is 0 Å². The Morgan fingerprint density at radius 3 is 3.08 bits per heavy atom. The van der Waals surface area contributed by atoms with Gasteiger partial charge in [-0.2, -0.15) is 0 Å². The SMILES string of the molecule is [2H]C1=C[C@H](CC=O)[C@@H]2[C@H]1[C@@H]1C=C[C@H]2C1. The Balaban J connectivity index is 1.92. The molecule has 1 heteroatoms. The van der Waals surface area contributed by atoms with Crippen molar-refractivity contribution in [3.8, 4) is 0 Å². The molecule has 0 unspecified atom stereocenters. The summed E-state index contributed by atoms with van der Waals surface area (Å²) in [5.41, 5.74) is 0. The third kappa shape index (κ3) is 0.903. The second kappa shape index (κ2) is 2.57. The molecular weight excluding hydrogens is 160 g/mol. The lowest BCUT2D eigenvalue weighted by Crippen LogP contribution is -2.20. The smallest absolute Gasteiger partial charge is 0.120 e. The number of aldehydes is 1. The molecule has 1 fully saturated rings. The molecule has 5 atom stereocenters. The molecule has 0 N–H and O–H groups in total. The van der Waals surface area contributed by atoms with Crippen molar-refractivity contribution in [1.82, 2.24) is 0 Å². The molecule has 0 aromatic carbocycles. The second-order valence-electron chi connectivity index (χ2n) is 4.45. The van der Waals surface area contributed by atoms with Gasteiger partial charge in [0.05, 0.1) is 1.37 Å². The number of carbonyl (C=O) groups is 1. The zero-order valence-corrected chi connectivity index (χ0v) is 7.52. The molecule has 0 aromatic heterocycles. The van der Waals surface area contributed by atoms with E-state index in [2.05, 4.69) is 12.2 Å². The summed E-state index contributed by atoms with van der Waals surface area (Å²) in [5, 5.41) is 0. The van der Waals surface area contributed by atoms with E-state index in [1.807, 2.05) is 6.08 Å². The molecule has 2 bridgehead atoms. The topological polar surface area (TPSA) is 17.1 Å². The number of fused-ring (bicyclic) bond motifs is 5. The molecule has 0 aromatic rings. The average Bonchev–Trinajstić information content (AvgIpc) is 2.80. The summed E-state index contributed by atoms with van der Waals surface area (Å²) in [4.78, 5) is 10.6. The highest BCUT2D eigenvalue weighted by Gasteiger charge is 2.48. The first kappa shape index (κ1) is 6.58. The zero-order valence-electron chi connectivity index (χ0n) is 8.52. The molecule has 0 saturated heterocycles. The first-order valence-corrected chi connectivity index (χ1v) is 5.11. The Kier molecular flexibility index (Phi) is 1.30. The molecule has 3 aliphatic rings. The third-order valence-electron chi connectivity index (χ3n) is 3.89. The van der Waals surface area contributed by atoms with Gasteiger partial charge >= 0.3 is 0 Å². The van der Waals surface area contributed by atoms with Gasteiger partial charge in [-0.3, -0.25) is 0 Å². The van der Waals surface area contributed by atoms with Crippen molar-refractivity contribution in [2.45, 2.75) is 12.8 Å². The standard InChI is InChI=1S/C12H14O/c13-6-5-8-3-4-11-9-1-2-10(7-9)12(8)11/h1-4,6,8-12H,5,7H2/t8-,9-,10+,11-,12+/m1/s1/i4D. The summed E-state index contributed by atoms with van der Waals surface area (Å²) >= 11 is 0. The van der Waals surface area contributed by atoms with E-state index >= 15 is 0 Å². The lowest BCUT2D eigenvalue weighted by Gasteiger charge is -2.24. The predicted octanol–water partition coefficient (Wildman–Crippen LogP) is 2.20. The van der Waals surface area contributed by atoms with Gasteiger partial charge in [0.2, 0.25) is 0 Å². The van der Waals surface area contributed by atoms with Crippen LogP contribution in [0.1, 0.15) is 14.2 Å².